The van der Waals surface area contributed by atoms with Gasteiger partial charge in [0.15, 0.2) is 0 Å². The lowest BCUT2D eigenvalue weighted by atomic mass is 10.4. The number of aryl methyl sites for hydroxylation is 2. The molecule has 0 fully saturated rings. The number of rotatable bonds is 0. The van der Waals surface area contributed by atoms with Crippen LogP contribution in [0.3, 0.4) is 0 Å². The molecule has 0 aliphatic rings. The second kappa shape index (κ2) is 2.09. The highest BCUT2D eigenvalue weighted by atomic mass is 14.9. The molecule has 0 saturated heterocycles. The molecule has 2 nitrogen and oxygen atoms in total. The minimum Gasteiger partial charge on any atom is -0.315 e. The lowest BCUT2D eigenvalue weighted by Crippen LogP contribution is -1.92. The van der Waals surface area contributed by atoms with Gasteiger partial charge in [0, 0.05) is 17.6 Å². The summed E-state index contributed by atoms with van der Waals surface area (Å²) in [4.78, 5) is 4.10. The molecule has 0 radical (unpaired) electrons. The summed E-state index contributed by atoms with van der Waals surface area (Å²) in [6.45, 7) is 4.16. The molecule has 0 aliphatic heterocycles. The zero-order chi connectivity index (χ0) is 7.84. The predicted octanol–water partition coefficient (Wildman–Crippen LogP) is 1.95. The van der Waals surface area contributed by atoms with E-state index in [0.717, 1.165) is 0 Å². The van der Waals surface area contributed by atoms with Gasteiger partial charge in [-0.2, -0.15) is 0 Å². The molecule has 11 heavy (non-hydrogen) atoms. The predicted molar refractivity (Wildman–Crippen MR) is 44.7 cm³/mol. The summed E-state index contributed by atoms with van der Waals surface area (Å²) in [5.41, 5.74) is 3.62. The summed E-state index contributed by atoms with van der Waals surface area (Å²) in [5.74, 6) is 0. The largest absolute Gasteiger partial charge is 0.315 e. The third-order valence-corrected chi connectivity index (χ3v) is 1.93. The average Bonchev–Trinajstić information content (AvgIpc) is 2.34. The minimum atomic E-state index is 1.17. The summed E-state index contributed by atoms with van der Waals surface area (Å²) in [7, 11) is 0. The Labute approximate surface area is 65.5 Å². The van der Waals surface area contributed by atoms with Gasteiger partial charge in [-0.05, 0) is 26.0 Å². The maximum atomic E-state index is 4.10. The quantitative estimate of drug-likeness (QED) is 0.555. The van der Waals surface area contributed by atoms with Crippen LogP contribution in [0.4, 0.5) is 0 Å². The van der Waals surface area contributed by atoms with Crippen LogP contribution in [0.5, 0.6) is 0 Å². The van der Waals surface area contributed by atoms with Crippen molar-refractivity contribution in [2.45, 2.75) is 13.8 Å². The fraction of sp³-hybridized carbons (Fsp3) is 0.222. The van der Waals surface area contributed by atoms with Crippen LogP contribution >= 0.6 is 0 Å². The lowest BCUT2D eigenvalue weighted by Gasteiger charge is -2.00. The molecular weight excluding hydrogens is 136 g/mol. The van der Waals surface area contributed by atoms with Crippen molar-refractivity contribution in [2.24, 2.45) is 0 Å². The van der Waals surface area contributed by atoms with Crippen molar-refractivity contribution < 1.29 is 0 Å². The van der Waals surface area contributed by atoms with Gasteiger partial charge in [-0.1, -0.05) is 0 Å². The number of aromatic nitrogens is 2. The van der Waals surface area contributed by atoms with Gasteiger partial charge in [0.25, 0.3) is 0 Å². The van der Waals surface area contributed by atoms with Crippen LogP contribution in [0, 0.1) is 13.8 Å². The van der Waals surface area contributed by atoms with Crippen LogP contribution < -0.4 is 0 Å². The molecule has 0 bridgehead atoms. The second-order valence-electron chi connectivity index (χ2n) is 2.78. The average molecular weight is 146 g/mol. The van der Waals surface area contributed by atoms with Gasteiger partial charge in [0.1, 0.15) is 0 Å². The summed E-state index contributed by atoms with van der Waals surface area (Å²) in [5, 5.41) is 0. The maximum absolute atomic E-state index is 4.10. The first kappa shape index (κ1) is 6.40. The summed E-state index contributed by atoms with van der Waals surface area (Å²) in [6, 6.07) is 4.18. The van der Waals surface area contributed by atoms with Gasteiger partial charge in [-0.15, -0.1) is 0 Å². The number of hydrogen-bond donors (Lipinski definition) is 0. The molecule has 0 amide bonds. The Bertz CT molecular complexity index is 387. The van der Waals surface area contributed by atoms with Crippen molar-refractivity contribution >= 4 is 5.52 Å². The Hall–Kier alpha value is -1.31. The highest BCUT2D eigenvalue weighted by Crippen LogP contribution is 2.09. The normalized spacial score (nSPS) is 10.7. The first-order valence-electron chi connectivity index (χ1n) is 3.68. The molecule has 2 rings (SSSR count). The Balaban J connectivity index is 2.96. The monoisotopic (exact) mass is 146 g/mol. The Morgan fingerprint density at radius 1 is 1.09 bits per heavy atom. The topological polar surface area (TPSA) is 17.3 Å². The van der Waals surface area contributed by atoms with Gasteiger partial charge in [0.05, 0.1) is 11.7 Å². The third-order valence-electron chi connectivity index (χ3n) is 1.93. The summed E-state index contributed by atoms with van der Waals surface area (Å²) < 4.78 is 2.19. The van der Waals surface area contributed by atoms with Gasteiger partial charge in [-0.25, -0.2) is 0 Å². The molecule has 0 N–H and O–H groups in total. The van der Waals surface area contributed by atoms with Crippen LogP contribution in [0.2, 0.25) is 0 Å². The highest BCUT2D eigenvalue weighted by molar-refractivity contribution is 5.48. The fourth-order valence-corrected chi connectivity index (χ4v) is 1.42. The highest BCUT2D eigenvalue weighted by Gasteiger charge is 1.97. The van der Waals surface area contributed by atoms with E-state index in [-0.39, 0.29) is 0 Å². The van der Waals surface area contributed by atoms with E-state index in [1.165, 1.54) is 16.9 Å². The molecule has 2 aromatic rings. The van der Waals surface area contributed by atoms with Crippen molar-refractivity contribution in [3.8, 4) is 0 Å². The van der Waals surface area contributed by atoms with Crippen LogP contribution in [0.25, 0.3) is 5.52 Å². The standard InChI is InChI=1S/C9H10N2/c1-7-3-4-9-6-10-5-8(2)11(7)9/h3-6H,1-2H3. The molecule has 0 saturated carbocycles. The summed E-state index contributed by atoms with van der Waals surface area (Å²) in [6.07, 6.45) is 3.75. The molecule has 2 heteroatoms. The maximum Gasteiger partial charge on any atom is 0.0639 e. The van der Waals surface area contributed by atoms with E-state index in [2.05, 4.69) is 35.4 Å². The van der Waals surface area contributed by atoms with E-state index >= 15 is 0 Å². The fourth-order valence-electron chi connectivity index (χ4n) is 1.42. The van der Waals surface area contributed by atoms with E-state index in [1.54, 1.807) is 0 Å². The Morgan fingerprint density at radius 2 is 1.91 bits per heavy atom. The molecule has 0 atom stereocenters. The van der Waals surface area contributed by atoms with Crippen molar-refractivity contribution in [2.75, 3.05) is 0 Å². The van der Waals surface area contributed by atoms with Crippen LogP contribution in [-0.4, -0.2) is 9.38 Å². The molecule has 2 aromatic heterocycles. The second-order valence-corrected chi connectivity index (χ2v) is 2.78. The van der Waals surface area contributed by atoms with Crippen molar-refractivity contribution in [3.63, 3.8) is 0 Å². The van der Waals surface area contributed by atoms with Crippen molar-refractivity contribution in [1.82, 2.24) is 9.38 Å². The summed E-state index contributed by atoms with van der Waals surface area (Å²) >= 11 is 0. The van der Waals surface area contributed by atoms with Crippen LogP contribution in [-0.2, 0) is 0 Å². The zero-order valence-corrected chi connectivity index (χ0v) is 6.70. The van der Waals surface area contributed by atoms with Crippen LogP contribution in [0.1, 0.15) is 11.4 Å². The van der Waals surface area contributed by atoms with Gasteiger partial charge >= 0.3 is 0 Å². The van der Waals surface area contributed by atoms with Crippen molar-refractivity contribution in [3.05, 3.63) is 35.9 Å². The van der Waals surface area contributed by atoms with E-state index < -0.39 is 0 Å². The first-order chi connectivity index (χ1) is 5.29. The molecule has 0 aliphatic carbocycles. The molecular formula is C9H10N2. The smallest absolute Gasteiger partial charge is 0.0639 e. The Kier molecular flexibility index (Phi) is 1.22. The Morgan fingerprint density at radius 3 is 2.64 bits per heavy atom. The van der Waals surface area contributed by atoms with Crippen molar-refractivity contribution in [1.29, 1.82) is 0 Å². The molecule has 0 aromatic carbocycles. The zero-order valence-electron chi connectivity index (χ0n) is 6.70. The third kappa shape index (κ3) is 0.827. The minimum absolute atomic E-state index is 1.17. The van der Waals surface area contributed by atoms with Crippen LogP contribution in [0.15, 0.2) is 24.5 Å². The molecule has 0 unspecified atom stereocenters. The number of nitrogens with zero attached hydrogens (tertiary/aromatic N) is 2. The van der Waals surface area contributed by atoms with Gasteiger partial charge in [-0.3, -0.25) is 4.98 Å². The van der Waals surface area contributed by atoms with E-state index in [9.17, 15) is 0 Å². The van der Waals surface area contributed by atoms with Gasteiger partial charge < -0.3 is 4.40 Å². The first-order valence-corrected chi connectivity index (χ1v) is 3.68. The van der Waals surface area contributed by atoms with E-state index in [0.29, 0.717) is 0 Å². The van der Waals surface area contributed by atoms with Gasteiger partial charge in [0.2, 0.25) is 0 Å². The van der Waals surface area contributed by atoms with E-state index in [4.69, 9.17) is 0 Å². The molecule has 56 valence electrons. The number of hydrogen-bond acceptors (Lipinski definition) is 1. The number of fused-ring (bicyclic) bond motifs is 1. The lowest BCUT2D eigenvalue weighted by molar-refractivity contribution is 1.01. The SMILES string of the molecule is Cc1ccc2cncc(C)n12. The molecule has 2 heterocycles. The molecule has 0 spiro atoms. The van der Waals surface area contributed by atoms with E-state index in [1.807, 2.05) is 12.4 Å².